The molecule has 0 aromatic carbocycles. The molecule has 4 amide bonds. The Labute approximate surface area is 73.6 Å². The van der Waals surface area contributed by atoms with E-state index in [0.29, 0.717) is 13.0 Å². The predicted molar refractivity (Wildman–Crippen MR) is 39.5 cm³/mol. The minimum atomic E-state index is -0.787. The first-order valence-electron chi connectivity index (χ1n) is 3.94. The number of hydrogen-bond donors (Lipinski definition) is 2. The van der Waals surface area contributed by atoms with E-state index in [1.165, 1.54) is 0 Å². The number of amides is 4. The number of urea groups is 1. The third-order valence-corrected chi connectivity index (χ3v) is 2.01. The van der Waals surface area contributed by atoms with E-state index in [0.717, 1.165) is 0 Å². The molecule has 0 aliphatic carbocycles. The maximum Gasteiger partial charge on any atom is 0.328 e. The molecule has 6 heteroatoms. The molecule has 2 aliphatic heterocycles. The van der Waals surface area contributed by atoms with Gasteiger partial charge in [-0.15, -0.1) is 0 Å². The number of rotatable bonds is 2. The van der Waals surface area contributed by atoms with Gasteiger partial charge >= 0.3 is 6.03 Å². The third-order valence-electron chi connectivity index (χ3n) is 2.01. The van der Waals surface area contributed by atoms with E-state index in [9.17, 15) is 14.4 Å². The summed E-state index contributed by atoms with van der Waals surface area (Å²) in [6.45, 7) is 0.588. The van der Waals surface area contributed by atoms with Gasteiger partial charge in [0.25, 0.3) is 0 Å². The van der Waals surface area contributed by atoms with Crippen LogP contribution >= 0.6 is 0 Å². The van der Waals surface area contributed by atoms with Gasteiger partial charge in [-0.25, -0.2) is 4.79 Å². The molecule has 13 heavy (non-hydrogen) atoms. The van der Waals surface area contributed by atoms with Crippen molar-refractivity contribution < 1.29 is 19.1 Å². The van der Waals surface area contributed by atoms with Crippen LogP contribution in [0.4, 0.5) is 4.79 Å². The number of imide groups is 2. The van der Waals surface area contributed by atoms with E-state index in [1.54, 1.807) is 0 Å². The highest BCUT2D eigenvalue weighted by atomic mass is 16.6. The Morgan fingerprint density at radius 3 is 2.23 bits per heavy atom. The van der Waals surface area contributed by atoms with Crippen molar-refractivity contribution in [2.24, 2.45) is 5.92 Å². The van der Waals surface area contributed by atoms with Gasteiger partial charge in [-0.1, -0.05) is 0 Å². The summed E-state index contributed by atoms with van der Waals surface area (Å²) in [7, 11) is 0. The zero-order chi connectivity index (χ0) is 9.42. The van der Waals surface area contributed by atoms with Crippen molar-refractivity contribution in [2.75, 3.05) is 6.61 Å². The van der Waals surface area contributed by atoms with E-state index in [-0.39, 0.29) is 6.10 Å². The first-order chi connectivity index (χ1) is 6.16. The van der Waals surface area contributed by atoms with E-state index in [2.05, 4.69) is 0 Å². The molecule has 6 nitrogen and oxygen atoms in total. The van der Waals surface area contributed by atoms with Crippen molar-refractivity contribution in [3.63, 3.8) is 0 Å². The van der Waals surface area contributed by atoms with Crippen molar-refractivity contribution in [2.45, 2.75) is 12.5 Å². The maximum atomic E-state index is 11.1. The normalized spacial score (nSPS) is 28.3. The molecular weight excluding hydrogens is 176 g/mol. The molecule has 0 bridgehead atoms. The van der Waals surface area contributed by atoms with Crippen LogP contribution in [-0.4, -0.2) is 30.6 Å². The van der Waals surface area contributed by atoms with E-state index in [1.807, 2.05) is 10.6 Å². The molecule has 70 valence electrons. The van der Waals surface area contributed by atoms with Gasteiger partial charge in [0.1, 0.15) is 5.92 Å². The average molecular weight is 184 g/mol. The number of epoxide rings is 1. The minimum Gasteiger partial charge on any atom is -0.373 e. The molecule has 2 aliphatic rings. The van der Waals surface area contributed by atoms with Crippen LogP contribution in [0.5, 0.6) is 0 Å². The molecule has 1 unspecified atom stereocenters. The molecular formula is C7H8N2O4. The van der Waals surface area contributed by atoms with Gasteiger partial charge < -0.3 is 4.74 Å². The lowest BCUT2D eigenvalue weighted by Gasteiger charge is -2.19. The van der Waals surface area contributed by atoms with E-state index in [4.69, 9.17) is 4.74 Å². The summed E-state index contributed by atoms with van der Waals surface area (Å²) in [6.07, 6.45) is 0.347. The van der Waals surface area contributed by atoms with Gasteiger partial charge in [-0.05, 0) is 6.42 Å². The minimum absolute atomic E-state index is 0.00491. The lowest BCUT2D eigenvalue weighted by Crippen LogP contribution is -2.55. The largest absolute Gasteiger partial charge is 0.373 e. The first kappa shape index (κ1) is 8.18. The van der Waals surface area contributed by atoms with E-state index < -0.39 is 23.8 Å². The second kappa shape index (κ2) is 2.81. The number of carbonyl (C=O) groups is 3. The molecule has 2 heterocycles. The standard InChI is InChI=1S/C7H8N2O4/c10-5-4(1-3-2-13-3)6(11)9-7(12)8-5/h3-4H,1-2H2,(H2,8,9,10,11,12). The zero-order valence-corrected chi connectivity index (χ0v) is 6.70. The second-order valence-corrected chi connectivity index (χ2v) is 3.05. The van der Waals surface area contributed by atoms with Crippen LogP contribution in [0.3, 0.4) is 0 Å². The van der Waals surface area contributed by atoms with Crippen molar-refractivity contribution in [3.8, 4) is 0 Å². The van der Waals surface area contributed by atoms with Gasteiger partial charge in [0.15, 0.2) is 0 Å². The highest BCUT2D eigenvalue weighted by Gasteiger charge is 2.39. The SMILES string of the molecule is O=C1NC(=O)C(CC2CO2)C(=O)N1. The average Bonchev–Trinajstić information content (AvgIpc) is 2.79. The molecule has 0 aromatic rings. The van der Waals surface area contributed by atoms with Crippen molar-refractivity contribution in [1.29, 1.82) is 0 Å². The number of carbonyl (C=O) groups excluding carboxylic acids is 3. The van der Waals surface area contributed by atoms with Gasteiger partial charge in [0, 0.05) is 0 Å². The third kappa shape index (κ3) is 1.67. The van der Waals surface area contributed by atoms with Gasteiger partial charge in [0.2, 0.25) is 11.8 Å². The van der Waals surface area contributed by atoms with Crippen LogP contribution in [0, 0.1) is 5.92 Å². The summed E-state index contributed by atoms with van der Waals surface area (Å²) in [4.78, 5) is 32.9. The Balaban J connectivity index is 2.02. The van der Waals surface area contributed by atoms with Crippen LogP contribution in [0.1, 0.15) is 6.42 Å². The van der Waals surface area contributed by atoms with Crippen molar-refractivity contribution >= 4 is 17.8 Å². The van der Waals surface area contributed by atoms with Crippen LogP contribution in [0.15, 0.2) is 0 Å². The predicted octanol–water partition coefficient (Wildman–Crippen LogP) is -1.24. The highest BCUT2D eigenvalue weighted by Crippen LogP contribution is 2.20. The van der Waals surface area contributed by atoms with Gasteiger partial charge in [-0.3, -0.25) is 20.2 Å². The van der Waals surface area contributed by atoms with Gasteiger partial charge in [-0.2, -0.15) is 0 Å². The lowest BCUT2D eigenvalue weighted by molar-refractivity contribution is -0.136. The quantitative estimate of drug-likeness (QED) is 0.415. The van der Waals surface area contributed by atoms with E-state index >= 15 is 0 Å². The van der Waals surface area contributed by atoms with Crippen LogP contribution < -0.4 is 10.6 Å². The summed E-state index contributed by atoms with van der Waals surface area (Å²) in [5.41, 5.74) is 0. The number of nitrogens with one attached hydrogen (secondary N) is 2. The molecule has 2 saturated heterocycles. The van der Waals surface area contributed by atoms with Crippen LogP contribution in [0.25, 0.3) is 0 Å². The molecule has 0 saturated carbocycles. The summed E-state index contributed by atoms with van der Waals surface area (Å²) in [6, 6.07) is -0.747. The number of ether oxygens (including phenoxy) is 1. The Hall–Kier alpha value is -1.43. The molecule has 0 aromatic heterocycles. The number of hydrogen-bond acceptors (Lipinski definition) is 4. The smallest absolute Gasteiger partial charge is 0.328 e. The summed E-state index contributed by atoms with van der Waals surface area (Å²) in [5, 5.41) is 4.06. The molecule has 2 N–H and O–H groups in total. The second-order valence-electron chi connectivity index (χ2n) is 3.05. The Kier molecular flexibility index (Phi) is 1.77. The fourth-order valence-electron chi connectivity index (χ4n) is 1.23. The Morgan fingerprint density at radius 2 is 1.77 bits per heavy atom. The molecule has 0 spiro atoms. The zero-order valence-electron chi connectivity index (χ0n) is 6.70. The Bertz CT molecular complexity index is 264. The molecule has 2 rings (SSSR count). The Morgan fingerprint density at radius 1 is 1.23 bits per heavy atom. The van der Waals surface area contributed by atoms with Gasteiger partial charge in [0.05, 0.1) is 12.7 Å². The van der Waals surface area contributed by atoms with Crippen LogP contribution in [0.2, 0.25) is 0 Å². The summed E-state index contributed by atoms with van der Waals surface area (Å²) >= 11 is 0. The van der Waals surface area contributed by atoms with Crippen molar-refractivity contribution in [3.05, 3.63) is 0 Å². The first-order valence-corrected chi connectivity index (χ1v) is 3.94. The molecule has 2 fully saturated rings. The fraction of sp³-hybridized carbons (Fsp3) is 0.571. The summed E-state index contributed by atoms with van der Waals surface area (Å²) in [5.74, 6) is -1.86. The molecule has 0 radical (unpaired) electrons. The highest BCUT2D eigenvalue weighted by molar-refractivity contribution is 6.16. The fourth-order valence-corrected chi connectivity index (χ4v) is 1.23. The molecule has 1 atom stereocenters. The van der Waals surface area contributed by atoms with Crippen molar-refractivity contribution in [1.82, 2.24) is 10.6 Å². The topological polar surface area (TPSA) is 87.8 Å². The number of barbiturate groups is 1. The maximum absolute atomic E-state index is 11.1. The monoisotopic (exact) mass is 184 g/mol. The summed E-state index contributed by atoms with van der Waals surface area (Å²) < 4.78 is 4.89. The lowest BCUT2D eigenvalue weighted by atomic mass is 10.0. The van der Waals surface area contributed by atoms with Crippen LogP contribution in [-0.2, 0) is 14.3 Å².